The quantitative estimate of drug-likeness (QED) is 0.333. The predicted octanol–water partition coefficient (Wildman–Crippen LogP) is 2.46. The van der Waals surface area contributed by atoms with Crippen LogP contribution in [0.5, 0.6) is 0 Å². The number of allylic oxidation sites excluding steroid dienone is 1. The van der Waals surface area contributed by atoms with Crippen molar-refractivity contribution in [3.05, 3.63) is 22.8 Å². The highest BCUT2D eigenvalue weighted by Crippen LogP contribution is 2.53. The molecule has 0 amide bonds. The summed E-state index contributed by atoms with van der Waals surface area (Å²) >= 11 is 0. The van der Waals surface area contributed by atoms with Crippen molar-refractivity contribution in [1.29, 1.82) is 0 Å². The molecule has 2 fully saturated rings. The average molecular weight is 406 g/mol. The number of hydrogen-bond acceptors (Lipinski definition) is 7. The molecule has 1 N–H and O–H groups in total. The van der Waals surface area contributed by atoms with Gasteiger partial charge in [0.2, 0.25) is 0 Å². The van der Waals surface area contributed by atoms with Gasteiger partial charge in [-0.15, -0.1) is 0 Å². The van der Waals surface area contributed by atoms with E-state index >= 15 is 0 Å². The van der Waals surface area contributed by atoms with Gasteiger partial charge in [0.25, 0.3) is 0 Å². The van der Waals surface area contributed by atoms with Crippen LogP contribution in [0.4, 0.5) is 0 Å². The van der Waals surface area contributed by atoms with Gasteiger partial charge in [-0.2, -0.15) is 0 Å². The molecule has 2 aliphatic carbocycles. The van der Waals surface area contributed by atoms with Crippen LogP contribution in [0.3, 0.4) is 0 Å². The minimum Gasteiger partial charge on any atom is -0.459 e. The maximum atomic E-state index is 12.6. The molecule has 3 aliphatic rings. The van der Waals surface area contributed by atoms with Crippen molar-refractivity contribution in [3.8, 4) is 0 Å². The lowest BCUT2D eigenvalue weighted by molar-refractivity contribution is -0.168. The number of hydrogen-bond donors (Lipinski definition) is 1. The highest BCUT2D eigenvalue weighted by molar-refractivity contribution is 5.88. The molecule has 1 saturated heterocycles. The zero-order chi connectivity index (χ0) is 21.7. The van der Waals surface area contributed by atoms with Crippen molar-refractivity contribution in [2.45, 2.75) is 78.3 Å². The summed E-state index contributed by atoms with van der Waals surface area (Å²) < 4.78 is 17.3. The number of rotatable bonds is 3. The van der Waals surface area contributed by atoms with Crippen LogP contribution in [0.1, 0.15) is 54.4 Å². The van der Waals surface area contributed by atoms with Crippen molar-refractivity contribution in [1.82, 2.24) is 0 Å². The highest BCUT2D eigenvalue weighted by atomic mass is 16.6. The smallest absolute Gasteiger partial charge is 0.333 e. The zero-order valence-electron chi connectivity index (χ0n) is 17.9. The normalized spacial score (nSPS) is 39.4. The van der Waals surface area contributed by atoms with Crippen molar-refractivity contribution >= 4 is 17.9 Å². The van der Waals surface area contributed by atoms with E-state index < -0.39 is 47.7 Å². The Morgan fingerprint density at radius 1 is 1.31 bits per heavy atom. The van der Waals surface area contributed by atoms with E-state index in [1.807, 2.05) is 6.92 Å². The molecule has 1 aliphatic heterocycles. The lowest BCUT2D eigenvalue weighted by Gasteiger charge is -2.37. The molecule has 0 bridgehead atoms. The minimum atomic E-state index is -0.995. The number of carbonyl (C=O) groups excluding carboxylic acids is 3. The van der Waals surface area contributed by atoms with Gasteiger partial charge >= 0.3 is 17.9 Å². The predicted molar refractivity (Wildman–Crippen MR) is 103 cm³/mol. The number of ether oxygens (including phenoxy) is 3. The van der Waals surface area contributed by atoms with Crippen LogP contribution in [-0.4, -0.2) is 46.9 Å². The first-order chi connectivity index (χ1) is 13.5. The molecule has 1 saturated carbocycles. The van der Waals surface area contributed by atoms with Crippen LogP contribution in [0.2, 0.25) is 0 Å². The van der Waals surface area contributed by atoms with Crippen molar-refractivity contribution in [2.24, 2.45) is 17.8 Å². The molecule has 7 heteroatoms. The minimum absolute atomic E-state index is 0.228. The summed E-state index contributed by atoms with van der Waals surface area (Å²) in [5, 5.41) is 10.5. The van der Waals surface area contributed by atoms with E-state index in [-0.39, 0.29) is 18.3 Å². The van der Waals surface area contributed by atoms with Crippen LogP contribution in [0.25, 0.3) is 0 Å². The SMILES string of the molecule is CC=C(C)C(=O)OC1CC(C)(OC(C)=O)C2CC(O)C(C)=C2C2OC(=O)C(C)C12. The van der Waals surface area contributed by atoms with Gasteiger partial charge in [-0.3, -0.25) is 9.59 Å². The number of carbonyl (C=O) groups is 3. The second-order valence-electron chi connectivity index (χ2n) is 8.69. The molecule has 3 rings (SSSR count). The molecule has 1 heterocycles. The largest absolute Gasteiger partial charge is 0.459 e. The van der Waals surface area contributed by atoms with Gasteiger partial charge in [0.15, 0.2) is 0 Å². The van der Waals surface area contributed by atoms with Gasteiger partial charge in [0.05, 0.1) is 17.9 Å². The second kappa shape index (κ2) is 7.59. The Bertz CT molecular complexity index is 795. The van der Waals surface area contributed by atoms with Crippen molar-refractivity contribution < 1.29 is 33.7 Å². The Hall–Kier alpha value is -2.15. The lowest BCUT2D eigenvalue weighted by Crippen LogP contribution is -2.43. The summed E-state index contributed by atoms with van der Waals surface area (Å²) in [5.74, 6) is -2.48. The van der Waals surface area contributed by atoms with Crippen LogP contribution >= 0.6 is 0 Å². The van der Waals surface area contributed by atoms with E-state index in [1.54, 1.807) is 33.8 Å². The Kier molecular flexibility index (Phi) is 5.64. The third kappa shape index (κ3) is 3.61. The van der Waals surface area contributed by atoms with E-state index in [0.717, 1.165) is 11.1 Å². The summed E-state index contributed by atoms with van der Waals surface area (Å²) in [6.45, 7) is 10.1. The fraction of sp³-hybridized carbons (Fsp3) is 0.682. The first kappa shape index (κ1) is 21.6. The van der Waals surface area contributed by atoms with Crippen LogP contribution in [0, 0.1) is 17.8 Å². The van der Waals surface area contributed by atoms with E-state index in [0.29, 0.717) is 12.0 Å². The molecule has 0 aromatic heterocycles. The standard InChI is InChI=1S/C22H30O7/c1-7-10(2)20(25)27-16-9-22(6,29-13(5)23)14-8-15(24)11(3)17(14)19-18(16)12(4)21(26)28-19/h7,12,14-16,18-19,24H,8-9H2,1-6H3. The molecule has 0 aromatic carbocycles. The Morgan fingerprint density at radius 3 is 2.55 bits per heavy atom. The lowest BCUT2D eigenvalue weighted by atomic mass is 9.81. The molecule has 0 aromatic rings. The molecular weight excluding hydrogens is 376 g/mol. The fourth-order valence-corrected chi connectivity index (χ4v) is 5.10. The molecule has 0 spiro atoms. The maximum absolute atomic E-state index is 12.6. The molecular formula is C22H30O7. The molecule has 7 unspecified atom stereocenters. The fourth-order valence-electron chi connectivity index (χ4n) is 5.10. The molecule has 29 heavy (non-hydrogen) atoms. The van der Waals surface area contributed by atoms with Gasteiger partial charge in [0, 0.05) is 24.8 Å². The average Bonchev–Trinajstić information content (AvgIpc) is 3.06. The van der Waals surface area contributed by atoms with Crippen molar-refractivity contribution in [2.75, 3.05) is 0 Å². The number of fused-ring (bicyclic) bond motifs is 3. The van der Waals surface area contributed by atoms with Gasteiger partial charge in [-0.25, -0.2) is 4.79 Å². The number of esters is 3. The number of aliphatic hydroxyl groups is 1. The third-order valence-electron chi connectivity index (χ3n) is 6.80. The Labute approximate surface area is 171 Å². The summed E-state index contributed by atoms with van der Waals surface area (Å²) in [6.07, 6.45) is 0.293. The Morgan fingerprint density at radius 2 is 1.97 bits per heavy atom. The summed E-state index contributed by atoms with van der Waals surface area (Å²) in [5.41, 5.74) is 1.00. The zero-order valence-corrected chi connectivity index (χ0v) is 17.9. The van der Waals surface area contributed by atoms with Crippen LogP contribution in [0.15, 0.2) is 22.8 Å². The molecule has 160 valence electrons. The van der Waals surface area contributed by atoms with Crippen LogP contribution < -0.4 is 0 Å². The van der Waals surface area contributed by atoms with E-state index in [9.17, 15) is 19.5 Å². The van der Waals surface area contributed by atoms with Crippen molar-refractivity contribution in [3.63, 3.8) is 0 Å². The first-order valence-electron chi connectivity index (χ1n) is 10.1. The van der Waals surface area contributed by atoms with Crippen LogP contribution in [-0.2, 0) is 28.6 Å². The van der Waals surface area contributed by atoms with E-state index in [1.165, 1.54) is 6.92 Å². The summed E-state index contributed by atoms with van der Waals surface area (Å²) in [6, 6.07) is 0. The topological polar surface area (TPSA) is 99.1 Å². The van der Waals surface area contributed by atoms with E-state index in [2.05, 4.69) is 0 Å². The number of aliphatic hydroxyl groups excluding tert-OH is 1. The summed E-state index contributed by atoms with van der Waals surface area (Å²) in [7, 11) is 0. The molecule has 7 atom stereocenters. The van der Waals surface area contributed by atoms with Gasteiger partial charge < -0.3 is 19.3 Å². The van der Waals surface area contributed by atoms with E-state index in [4.69, 9.17) is 14.2 Å². The Balaban J connectivity index is 2.11. The monoisotopic (exact) mass is 406 g/mol. The van der Waals surface area contributed by atoms with Gasteiger partial charge in [-0.05, 0) is 45.3 Å². The molecule has 7 nitrogen and oxygen atoms in total. The third-order valence-corrected chi connectivity index (χ3v) is 6.80. The highest BCUT2D eigenvalue weighted by Gasteiger charge is 2.60. The maximum Gasteiger partial charge on any atom is 0.333 e. The second-order valence-corrected chi connectivity index (χ2v) is 8.69. The molecule has 0 radical (unpaired) electrons. The first-order valence-corrected chi connectivity index (χ1v) is 10.1. The summed E-state index contributed by atoms with van der Waals surface area (Å²) in [4.78, 5) is 36.9. The van der Waals surface area contributed by atoms with Gasteiger partial charge in [0.1, 0.15) is 17.8 Å². The van der Waals surface area contributed by atoms with Gasteiger partial charge in [-0.1, -0.05) is 13.0 Å².